The first-order chi connectivity index (χ1) is 14.5. The zero-order valence-corrected chi connectivity index (χ0v) is 15.9. The third-order valence-electron chi connectivity index (χ3n) is 4.77. The van der Waals surface area contributed by atoms with Crippen molar-refractivity contribution in [3.8, 4) is 0 Å². The molecule has 0 spiro atoms. The van der Waals surface area contributed by atoms with Crippen molar-refractivity contribution in [2.75, 3.05) is 23.7 Å². The largest absolute Gasteiger partial charge is 0.492 e. The lowest BCUT2D eigenvalue weighted by Crippen LogP contribution is -2.47. The number of hydrogen-bond acceptors (Lipinski definition) is 7. The summed E-state index contributed by atoms with van der Waals surface area (Å²) in [5.74, 6) is -5.53. The van der Waals surface area contributed by atoms with Gasteiger partial charge in [-0.25, -0.2) is 9.18 Å². The molecule has 1 aromatic rings. The number of carbonyl (C=O) groups is 4. The molecular formula is C18H18F4N4O5. The van der Waals surface area contributed by atoms with Crippen molar-refractivity contribution in [2.24, 2.45) is 5.92 Å². The molecule has 2 aliphatic heterocycles. The van der Waals surface area contributed by atoms with Crippen molar-refractivity contribution in [2.45, 2.75) is 31.5 Å². The molecule has 13 heteroatoms. The number of benzene rings is 1. The van der Waals surface area contributed by atoms with Gasteiger partial charge < -0.3 is 15.5 Å². The Hall–Kier alpha value is -3.22. The molecule has 2 aliphatic rings. The molecule has 3 N–H and O–H groups in total. The van der Waals surface area contributed by atoms with Gasteiger partial charge in [-0.1, -0.05) is 0 Å². The van der Waals surface area contributed by atoms with E-state index in [0.717, 1.165) is 11.1 Å². The highest BCUT2D eigenvalue weighted by atomic mass is 19.4. The molecular weight excluding hydrogens is 428 g/mol. The van der Waals surface area contributed by atoms with E-state index in [1.807, 2.05) is 0 Å². The summed E-state index contributed by atoms with van der Waals surface area (Å²) in [5, 5.41) is 8.05. The number of halogens is 4. The molecule has 2 fully saturated rings. The summed E-state index contributed by atoms with van der Waals surface area (Å²) < 4.78 is 51.1. The number of nitrogens with zero attached hydrogens (tertiary/aromatic N) is 1. The number of hydrogen-bond donors (Lipinski definition) is 3. The van der Waals surface area contributed by atoms with Crippen molar-refractivity contribution in [3.63, 3.8) is 0 Å². The number of anilines is 2. The fourth-order valence-corrected chi connectivity index (χ4v) is 3.17. The van der Waals surface area contributed by atoms with E-state index >= 15 is 0 Å². The monoisotopic (exact) mass is 446 g/mol. The first-order valence-corrected chi connectivity index (χ1v) is 9.27. The molecule has 2 saturated heterocycles. The van der Waals surface area contributed by atoms with Crippen LogP contribution in [0.5, 0.6) is 0 Å². The minimum Gasteiger partial charge on any atom is -0.374 e. The molecule has 3 amide bonds. The summed E-state index contributed by atoms with van der Waals surface area (Å²) in [5.41, 5.74) is 0.0978. The topological polar surface area (TPSA) is 117 Å². The SMILES string of the molecule is O=C1CCC(Nc2ccc(NC(=O)[C@H]3CCN(OC(=O)C(F)(F)F)C3)c(F)c2)C(=O)N1. The smallest absolute Gasteiger partial charge is 0.374 e. The molecule has 0 radical (unpaired) electrons. The average molecular weight is 446 g/mol. The van der Waals surface area contributed by atoms with Gasteiger partial charge in [0, 0.05) is 25.2 Å². The second kappa shape index (κ2) is 8.88. The molecule has 3 rings (SSSR count). The van der Waals surface area contributed by atoms with Crippen LogP contribution in [0.3, 0.4) is 0 Å². The zero-order chi connectivity index (χ0) is 22.8. The van der Waals surface area contributed by atoms with Crippen LogP contribution in [0, 0.1) is 11.7 Å². The molecule has 168 valence electrons. The molecule has 0 aromatic heterocycles. The summed E-state index contributed by atoms with van der Waals surface area (Å²) in [4.78, 5) is 50.3. The van der Waals surface area contributed by atoms with Gasteiger partial charge in [0.1, 0.15) is 11.9 Å². The van der Waals surface area contributed by atoms with Crippen molar-refractivity contribution in [1.82, 2.24) is 10.4 Å². The van der Waals surface area contributed by atoms with Gasteiger partial charge in [0.2, 0.25) is 17.7 Å². The Kier molecular flexibility index (Phi) is 6.43. The fraction of sp³-hybridized carbons (Fsp3) is 0.444. The summed E-state index contributed by atoms with van der Waals surface area (Å²) in [6, 6.07) is 3.04. The molecule has 0 aliphatic carbocycles. The van der Waals surface area contributed by atoms with Crippen LogP contribution in [0.1, 0.15) is 19.3 Å². The maximum atomic E-state index is 14.4. The minimum absolute atomic E-state index is 0.0722. The summed E-state index contributed by atoms with van der Waals surface area (Å²) in [7, 11) is 0. The number of piperidine rings is 1. The van der Waals surface area contributed by atoms with Gasteiger partial charge in [-0.2, -0.15) is 13.2 Å². The number of nitrogens with one attached hydrogen (secondary N) is 3. The van der Waals surface area contributed by atoms with Crippen LogP contribution in [-0.4, -0.2) is 54.1 Å². The van der Waals surface area contributed by atoms with E-state index in [4.69, 9.17) is 0 Å². The number of amides is 3. The quantitative estimate of drug-likeness (QED) is 0.462. The first-order valence-electron chi connectivity index (χ1n) is 9.27. The zero-order valence-electron chi connectivity index (χ0n) is 15.9. The van der Waals surface area contributed by atoms with Gasteiger partial charge in [-0.05, 0) is 31.0 Å². The fourth-order valence-electron chi connectivity index (χ4n) is 3.17. The van der Waals surface area contributed by atoms with Crippen LogP contribution >= 0.6 is 0 Å². The maximum Gasteiger partial charge on any atom is 0.492 e. The Morgan fingerprint density at radius 3 is 2.58 bits per heavy atom. The predicted molar refractivity (Wildman–Crippen MR) is 96.7 cm³/mol. The van der Waals surface area contributed by atoms with Crippen LogP contribution in [0.15, 0.2) is 18.2 Å². The van der Waals surface area contributed by atoms with Crippen molar-refractivity contribution < 1.29 is 41.6 Å². The minimum atomic E-state index is -5.15. The average Bonchev–Trinajstić information content (AvgIpc) is 3.14. The van der Waals surface area contributed by atoms with Crippen LogP contribution in [0.2, 0.25) is 0 Å². The summed E-state index contributed by atoms with van der Waals surface area (Å²) >= 11 is 0. The number of hydroxylamine groups is 2. The lowest BCUT2D eigenvalue weighted by Gasteiger charge is -2.23. The van der Waals surface area contributed by atoms with Gasteiger partial charge in [0.15, 0.2) is 0 Å². The Bertz CT molecular complexity index is 907. The molecule has 0 saturated carbocycles. The maximum absolute atomic E-state index is 14.4. The van der Waals surface area contributed by atoms with Crippen molar-refractivity contribution in [3.05, 3.63) is 24.0 Å². The van der Waals surface area contributed by atoms with E-state index in [9.17, 15) is 36.7 Å². The van der Waals surface area contributed by atoms with Gasteiger partial charge >= 0.3 is 12.1 Å². The number of imide groups is 1. The Labute approximate surface area is 173 Å². The number of rotatable bonds is 5. The molecule has 31 heavy (non-hydrogen) atoms. The Balaban J connectivity index is 1.54. The second-order valence-electron chi connectivity index (χ2n) is 7.08. The summed E-state index contributed by atoms with van der Waals surface area (Å²) in [6.07, 6.45) is -4.63. The van der Waals surface area contributed by atoms with Crippen LogP contribution in [0.4, 0.5) is 28.9 Å². The van der Waals surface area contributed by atoms with E-state index in [2.05, 4.69) is 20.8 Å². The molecule has 9 nitrogen and oxygen atoms in total. The highest BCUT2D eigenvalue weighted by Crippen LogP contribution is 2.25. The van der Waals surface area contributed by atoms with E-state index < -0.39 is 41.7 Å². The standard InChI is InChI=1S/C18H18F4N4O5/c19-11-7-10(23-13-3-4-14(27)25-16(13)29)1-2-12(11)24-15(28)9-5-6-26(8-9)31-17(30)18(20,21)22/h1-2,7,9,13,23H,3-6,8H2,(H,24,28)(H,25,27,29)/t9-,13?/m0/s1. The van der Waals surface area contributed by atoms with Gasteiger partial charge in [0.25, 0.3) is 0 Å². The molecule has 1 aromatic carbocycles. The first kappa shape index (κ1) is 22.5. The number of alkyl halides is 3. The molecule has 0 bridgehead atoms. The lowest BCUT2D eigenvalue weighted by molar-refractivity contribution is -0.235. The van der Waals surface area contributed by atoms with Crippen molar-refractivity contribution in [1.29, 1.82) is 0 Å². The Morgan fingerprint density at radius 1 is 1.19 bits per heavy atom. The highest BCUT2D eigenvalue weighted by molar-refractivity contribution is 6.01. The van der Waals surface area contributed by atoms with Gasteiger partial charge in [-0.15, -0.1) is 5.06 Å². The normalized spacial score (nSPS) is 22.1. The lowest BCUT2D eigenvalue weighted by atomic mass is 10.1. The highest BCUT2D eigenvalue weighted by Gasteiger charge is 2.44. The number of carbonyl (C=O) groups excluding carboxylic acids is 4. The molecule has 2 atom stereocenters. The predicted octanol–water partition coefficient (Wildman–Crippen LogP) is 1.32. The van der Waals surface area contributed by atoms with Crippen LogP contribution in [-0.2, 0) is 24.0 Å². The van der Waals surface area contributed by atoms with Gasteiger partial charge in [-0.3, -0.25) is 19.7 Å². The third-order valence-corrected chi connectivity index (χ3v) is 4.77. The van der Waals surface area contributed by atoms with Crippen LogP contribution < -0.4 is 16.0 Å². The molecule has 1 unspecified atom stereocenters. The van der Waals surface area contributed by atoms with E-state index in [1.165, 1.54) is 12.1 Å². The van der Waals surface area contributed by atoms with Crippen molar-refractivity contribution >= 4 is 35.1 Å². The van der Waals surface area contributed by atoms with E-state index in [0.29, 0.717) is 0 Å². The Morgan fingerprint density at radius 2 is 1.94 bits per heavy atom. The van der Waals surface area contributed by atoms with Gasteiger partial charge in [0.05, 0.1) is 11.6 Å². The van der Waals surface area contributed by atoms with E-state index in [1.54, 1.807) is 0 Å². The molecule has 2 heterocycles. The van der Waals surface area contributed by atoms with Crippen LogP contribution in [0.25, 0.3) is 0 Å². The van der Waals surface area contributed by atoms with E-state index in [-0.39, 0.29) is 49.6 Å². The second-order valence-corrected chi connectivity index (χ2v) is 7.08. The third kappa shape index (κ3) is 5.69. The summed E-state index contributed by atoms with van der Waals surface area (Å²) in [6.45, 7) is -0.332.